The summed E-state index contributed by atoms with van der Waals surface area (Å²) in [5.74, 6) is 0.494. The van der Waals surface area contributed by atoms with Gasteiger partial charge in [0.2, 0.25) is 11.8 Å². The molecule has 0 bridgehead atoms. The van der Waals surface area contributed by atoms with E-state index in [0.717, 1.165) is 23.1 Å². The lowest BCUT2D eigenvalue weighted by molar-refractivity contribution is -0.139. The van der Waals surface area contributed by atoms with Crippen molar-refractivity contribution in [2.24, 2.45) is 0 Å². The SMILES string of the molecule is CCCNC(=O)C(Cc1ccccc1)N(Cc1ccccc1Cl)C(=O)CSCc1ccc(Cl)c(Cl)c1. The van der Waals surface area contributed by atoms with Crippen molar-refractivity contribution in [3.05, 3.63) is 105 Å². The number of amides is 2. The van der Waals surface area contributed by atoms with E-state index in [1.165, 1.54) is 11.8 Å². The molecule has 36 heavy (non-hydrogen) atoms. The van der Waals surface area contributed by atoms with Gasteiger partial charge >= 0.3 is 0 Å². The fraction of sp³-hybridized carbons (Fsp3) is 0.286. The molecule has 3 rings (SSSR count). The van der Waals surface area contributed by atoms with E-state index in [1.807, 2.05) is 61.5 Å². The van der Waals surface area contributed by atoms with Gasteiger partial charge in [-0.25, -0.2) is 0 Å². The second kappa shape index (κ2) is 14.5. The summed E-state index contributed by atoms with van der Waals surface area (Å²) in [5.41, 5.74) is 2.75. The monoisotopic (exact) mass is 562 g/mol. The Morgan fingerprint density at radius 1 is 0.889 bits per heavy atom. The standard InChI is InChI=1S/C28H29Cl3N2O2S/c1-2-14-32-28(35)26(16-20-8-4-3-5-9-20)33(17-22-10-6-7-11-23(22)29)27(34)19-36-18-21-12-13-24(30)25(31)15-21/h3-13,15,26H,2,14,16-19H2,1H3,(H,32,35). The van der Waals surface area contributed by atoms with E-state index in [-0.39, 0.29) is 24.1 Å². The molecule has 0 aliphatic heterocycles. The predicted octanol–water partition coefficient (Wildman–Crippen LogP) is 7.05. The zero-order valence-corrected chi connectivity index (χ0v) is 23.1. The molecule has 0 spiro atoms. The van der Waals surface area contributed by atoms with Crippen LogP contribution in [0, 0.1) is 0 Å². The van der Waals surface area contributed by atoms with E-state index in [4.69, 9.17) is 34.8 Å². The van der Waals surface area contributed by atoms with Crippen molar-refractivity contribution >= 4 is 58.4 Å². The summed E-state index contributed by atoms with van der Waals surface area (Å²) in [5, 5.41) is 4.52. The van der Waals surface area contributed by atoms with Crippen LogP contribution >= 0.6 is 46.6 Å². The van der Waals surface area contributed by atoms with Crippen LogP contribution in [0.3, 0.4) is 0 Å². The molecule has 1 unspecified atom stereocenters. The van der Waals surface area contributed by atoms with Gasteiger partial charge in [-0.1, -0.05) is 96.3 Å². The van der Waals surface area contributed by atoms with Crippen molar-refractivity contribution in [1.29, 1.82) is 0 Å². The van der Waals surface area contributed by atoms with Gasteiger partial charge in [0.05, 0.1) is 15.8 Å². The molecule has 0 aromatic heterocycles. The number of hydrogen-bond acceptors (Lipinski definition) is 3. The molecule has 2 amide bonds. The highest BCUT2D eigenvalue weighted by atomic mass is 35.5. The van der Waals surface area contributed by atoms with E-state index in [9.17, 15) is 9.59 Å². The Labute approximate surface area is 232 Å². The Balaban J connectivity index is 1.84. The minimum absolute atomic E-state index is 0.132. The summed E-state index contributed by atoms with van der Waals surface area (Å²) in [4.78, 5) is 28.6. The van der Waals surface area contributed by atoms with Crippen LogP contribution in [0.4, 0.5) is 0 Å². The van der Waals surface area contributed by atoms with Gasteiger partial charge in [0.15, 0.2) is 0 Å². The molecule has 0 fully saturated rings. The second-order valence-corrected chi connectivity index (χ2v) is 10.6. The van der Waals surface area contributed by atoms with E-state index < -0.39 is 6.04 Å². The summed E-state index contributed by atoms with van der Waals surface area (Å²) in [6, 6.07) is 21.9. The Kier molecular flexibility index (Phi) is 11.5. The third-order valence-corrected chi connectivity index (χ3v) is 7.69. The fourth-order valence-corrected chi connectivity index (χ4v) is 5.07. The van der Waals surface area contributed by atoms with Crippen LogP contribution in [0.1, 0.15) is 30.0 Å². The number of benzene rings is 3. The van der Waals surface area contributed by atoms with Crippen molar-refractivity contribution in [3.8, 4) is 0 Å². The normalized spacial score (nSPS) is 11.7. The third-order valence-electron chi connectivity index (χ3n) is 5.60. The lowest BCUT2D eigenvalue weighted by Crippen LogP contribution is -2.51. The van der Waals surface area contributed by atoms with E-state index in [1.54, 1.807) is 23.1 Å². The third kappa shape index (κ3) is 8.45. The Morgan fingerprint density at radius 3 is 2.31 bits per heavy atom. The summed E-state index contributed by atoms with van der Waals surface area (Å²) >= 11 is 20.1. The number of halogens is 3. The Hall–Kier alpha value is -2.18. The van der Waals surface area contributed by atoms with Gasteiger partial charge in [0, 0.05) is 30.3 Å². The first-order valence-electron chi connectivity index (χ1n) is 11.7. The van der Waals surface area contributed by atoms with Crippen LogP contribution in [0.15, 0.2) is 72.8 Å². The lowest BCUT2D eigenvalue weighted by Gasteiger charge is -2.31. The van der Waals surface area contributed by atoms with Crippen molar-refractivity contribution < 1.29 is 9.59 Å². The van der Waals surface area contributed by atoms with Crippen molar-refractivity contribution in [2.75, 3.05) is 12.3 Å². The molecule has 0 aliphatic carbocycles. The summed E-state index contributed by atoms with van der Waals surface area (Å²) < 4.78 is 0. The number of carbonyl (C=O) groups is 2. The number of nitrogens with one attached hydrogen (secondary N) is 1. The average Bonchev–Trinajstić information content (AvgIpc) is 2.88. The zero-order chi connectivity index (χ0) is 25.9. The van der Waals surface area contributed by atoms with Gasteiger partial charge in [-0.3, -0.25) is 9.59 Å². The summed E-state index contributed by atoms with van der Waals surface area (Å²) in [6.45, 7) is 2.78. The molecule has 190 valence electrons. The quantitative estimate of drug-likeness (QED) is 0.257. The molecule has 8 heteroatoms. The number of carbonyl (C=O) groups excluding carboxylic acids is 2. The van der Waals surface area contributed by atoms with Gasteiger partial charge in [0.25, 0.3) is 0 Å². The molecule has 0 aliphatic rings. The molecule has 3 aromatic rings. The van der Waals surface area contributed by atoms with Crippen LogP contribution in [0.25, 0.3) is 0 Å². The van der Waals surface area contributed by atoms with E-state index in [0.29, 0.717) is 33.8 Å². The van der Waals surface area contributed by atoms with Gasteiger partial charge in [-0.05, 0) is 41.3 Å². The van der Waals surface area contributed by atoms with Crippen LogP contribution in [0.2, 0.25) is 15.1 Å². The first-order valence-corrected chi connectivity index (χ1v) is 14.0. The van der Waals surface area contributed by atoms with Crippen molar-refractivity contribution in [2.45, 2.75) is 38.1 Å². The number of hydrogen-bond donors (Lipinski definition) is 1. The highest BCUT2D eigenvalue weighted by Gasteiger charge is 2.30. The smallest absolute Gasteiger partial charge is 0.243 e. The first-order chi connectivity index (χ1) is 17.4. The fourth-order valence-electron chi connectivity index (χ4n) is 3.70. The van der Waals surface area contributed by atoms with Crippen LogP contribution in [-0.4, -0.2) is 35.1 Å². The molecule has 4 nitrogen and oxygen atoms in total. The molecular formula is C28H29Cl3N2O2S. The lowest BCUT2D eigenvalue weighted by atomic mass is 10.0. The molecule has 3 aromatic carbocycles. The molecule has 0 saturated carbocycles. The van der Waals surface area contributed by atoms with Crippen molar-refractivity contribution in [1.82, 2.24) is 10.2 Å². The second-order valence-electron chi connectivity index (χ2n) is 8.35. The van der Waals surface area contributed by atoms with Gasteiger partial charge in [-0.15, -0.1) is 11.8 Å². The van der Waals surface area contributed by atoms with E-state index in [2.05, 4.69) is 5.32 Å². The van der Waals surface area contributed by atoms with Crippen LogP contribution in [-0.2, 0) is 28.3 Å². The summed E-state index contributed by atoms with van der Waals surface area (Å²) in [7, 11) is 0. The largest absolute Gasteiger partial charge is 0.354 e. The highest BCUT2D eigenvalue weighted by Crippen LogP contribution is 2.26. The molecule has 1 atom stereocenters. The average molecular weight is 564 g/mol. The number of rotatable bonds is 12. The van der Waals surface area contributed by atoms with Gasteiger partial charge in [0.1, 0.15) is 6.04 Å². The van der Waals surface area contributed by atoms with E-state index >= 15 is 0 Å². The maximum atomic E-state index is 13.6. The minimum Gasteiger partial charge on any atom is -0.354 e. The highest BCUT2D eigenvalue weighted by molar-refractivity contribution is 7.99. The maximum Gasteiger partial charge on any atom is 0.243 e. The number of thioether (sulfide) groups is 1. The maximum absolute atomic E-state index is 13.6. The van der Waals surface area contributed by atoms with Crippen molar-refractivity contribution in [3.63, 3.8) is 0 Å². The van der Waals surface area contributed by atoms with Crippen LogP contribution in [0.5, 0.6) is 0 Å². The Morgan fingerprint density at radius 2 is 1.61 bits per heavy atom. The summed E-state index contributed by atoms with van der Waals surface area (Å²) in [6.07, 6.45) is 1.21. The Bertz CT molecular complexity index is 1160. The minimum atomic E-state index is -0.673. The molecule has 1 N–H and O–H groups in total. The van der Waals surface area contributed by atoms with Gasteiger partial charge < -0.3 is 10.2 Å². The molecule has 0 heterocycles. The number of nitrogens with zero attached hydrogens (tertiary/aromatic N) is 1. The zero-order valence-electron chi connectivity index (χ0n) is 20.1. The van der Waals surface area contributed by atoms with Gasteiger partial charge in [-0.2, -0.15) is 0 Å². The topological polar surface area (TPSA) is 49.4 Å². The molecule has 0 saturated heterocycles. The first kappa shape index (κ1) is 28.4. The molecular weight excluding hydrogens is 535 g/mol. The molecule has 0 radical (unpaired) electrons. The predicted molar refractivity (Wildman–Crippen MR) is 152 cm³/mol. The van der Waals surface area contributed by atoms with Crippen LogP contribution < -0.4 is 5.32 Å².